The third-order valence-corrected chi connectivity index (χ3v) is 3.96. The summed E-state index contributed by atoms with van der Waals surface area (Å²) >= 11 is 0. The zero-order chi connectivity index (χ0) is 10.3. The number of piperidine rings is 2. The molecule has 3 aliphatic rings. The van der Waals surface area contributed by atoms with Gasteiger partial charge in [-0.2, -0.15) is 0 Å². The molecular weight excluding hydrogens is 222 g/mol. The van der Waals surface area contributed by atoms with Crippen molar-refractivity contribution in [2.45, 2.75) is 18.3 Å². The van der Waals surface area contributed by atoms with E-state index in [0.717, 1.165) is 18.2 Å². The molecule has 88 valence electrons. The van der Waals surface area contributed by atoms with E-state index in [-0.39, 0.29) is 12.4 Å². The lowest BCUT2D eigenvalue weighted by atomic mass is 9.56. The number of ether oxygens (including phenoxy) is 1. The van der Waals surface area contributed by atoms with Gasteiger partial charge in [0.2, 0.25) is 0 Å². The fraction of sp³-hybridized carbons (Fsp3) is 0.538. The Morgan fingerprint density at radius 2 is 1.94 bits per heavy atom. The standard InChI is InChI=1S/C13H17NO.ClH/c1-15-12-4-2-11(3-5-12)13-6-10(7-13)8-14-9-13;/h2-5,10,14H,6-9H2,1H3;1H. The van der Waals surface area contributed by atoms with Gasteiger partial charge in [0.05, 0.1) is 7.11 Å². The van der Waals surface area contributed by atoms with Gasteiger partial charge in [0.25, 0.3) is 0 Å². The summed E-state index contributed by atoms with van der Waals surface area (Å²) < 4.78 is 5.19. The van der Waals surface area contributed by atoms with Gasteiger partial charge in [-0.05, 0) is 43.0 Å². The van der Waals surface area contributed by atoms with Gasteiger partial charge >= 0.3 is 0 Å². The highest BCUT2D eigenvalue weighted by molar-refractivity contribution is 5.85. The average Bonchev–Trinajstić information content (AvgIpc) is 2.29. The molecule has 0 aromatic heterocycles. The Kier molecular flexibility index (Phi) is 3.13. The van der Waals surface area contributed by atoms with Crippen molar-refractivity contribution in [3.8, 4) is 5.75 Å². The normalized spacial score (nSPS) is 31.2. The molecule has 2 saturated heterocycles. The van der Waals surface area contributed by atoms with Crippen LogP contribution in [0.4, 0.5) is 0 Å². The molecule has 1 aromatic rings. The zero-order valence-electron chi connectivity index (χ0n) is 9.53. The second kappa shape index (κ2) is 4.27. The molecule has 16 heavy (non-hydrogen) atoms. The quantitative estimate of drug-likeness (QED) is 0.856. The molecule has 2 aliphatic heterocycles. The number of nitrogens with one attached hydrogen (secondary N) is 1. The van der Waals surface area contributed by atoms with Crippen LogP contribution in [0.15, 0.2) is 24.3 Å². The van der Waals surface area contributed by atoms with Gasteiger partial charge in [-0.1, -0.05) is 12.1 Å². The average molecular weight is 240 g/mol. The van der Waals surface area contributed by atoms with E-state index in [9.17, 15) is 0 Å². The monoisotopic (exact) mass is 239 g/mol. The third kappa shape index (κ3) is 1.70. The minimum Gasteiger partial charge on any atom is -0.497 e. The molecule has 1 aliphatic carbocycles. The van der Waals surface area contributed by atoms with E-state index >= 15 is 0 Å². The van der Waals surface area contributed by atoms with E-state index in [2.05, 4.69) is 29.6 Å². The zero-order valence-corrected chi connectivity index (χ0v) is 10.3. The van der Waals surface area contributed by atoms with E-state index in [1.165, 1.54) is 24.9 Å². The van der Waals surface area contributed by atoms with Gasteiger partial charge in [0.15, 0.2) is 0 Å². The highest BCUT2D eigenvalue weighted by Gasteiger charge is 2.47. The van der Waals surface area contributed by atoms with Gasteiger partial charge in [0, 0.05) is 12.0 Å². The summed E-state index contributed by atoms with van der Waals surface area (Å²) in [5, 5.41) is 3.52. The van der Waals surface area contributed by atoms with Crippen LogP contribution in [0.5, 0.6) is 5.75 Å². The van der Waals surface area contributed by atoms with Crippen molar-refractivity contribution in [3.05, 3.63) is 29.8 Å². The first-order valence-corrected chi connectivity index (χ1v) is 5.68. The third-order valence-electron chi connectivity index (χ3n) is 3.96. The Labute approximate surface area is 103 Å². The summed E-state index contributed by atoms with van der Waals surface area (Å²) in [6, 6.07) is 8.60. The Morgan fingerprint density at radius 1 is 1.25 bits per heavy atom. The van der Waals surface area contributed by atoms with Crippen LogP contribution in [0, 0.1) is 5.92 Å². The summed E-state index contributed by atoms with van der Waals surface area (Å²) in [5.74, 6) is 1.87. The Hall–Kier alpha value is -0.730. The number of methoxy groups -OCH3 is 1. The first-order chi connectivity index (χ1) is 7.32. The van der Waals surface area contributed by atoms with Crippen molar-refractivity contribution in [2.24, 2.45) is 5.92 Å². The van der Waals surface area contributed by atoms with Crippen molar-refractivity contribution in [1.82, 2.24) is 5.32 Å². The van der Waals surface area contributed by atoms with Crippen molar-refractivity contribution in [1.29, 1.82) is 0 Å². The lowest BCUT2D eigenvalue weighted by Gasteiger charge is -2.53. The van der Waals surface area contributed by atoms with Crippen LogP contribution in [-0.4, -0.2) is 20.2 Å². The SMILES string of the molecule is COc1ccc(C23CNCC(C2)C3)cc1.Cl. The summed E-state index contributed by atoms with van der Waals surface area (Å²) in [5.41, 5.74) is 1.92. The van der Waals surface area contributed by atoms with Gasteiger partial charge < -0.3 is 10.1 Å². The van der Waals surface area contributed by atoms with E-state index < -0.39 is 0 Å². The second-order valence-corrected chi connectivity index (χ2v) is 4.91. The van der Waals surface area contributed by atoms with Gasteiger partial charge in [-0.15, -0.1) is 12.4 Å². The molecule has 0 amide bonds. The Bertz CT molecular complexity index is 351. The maximum absolute atomic E-state index is 5.19. The van der Waals surface area contributed by atoms with Crippen LogP contribution in [0.1, 0.15) is 18.4 Å². The lowest BCUT2D eigenvalue weighted by molar-refractivity contribution is 0.0900. The van der Waals surface area contributed by atoms with E-state index in [0.29, 0.717) is 5.41 Å². The molecular formula is C13H18ClNO. The van der Waals surface area contributed by atoms with Crippen molar-refractivity contribution in [3.63, 3.8) is 0 Å². The number of halogens is 1. The van der Waals surface area contributed by atoms with Crippen LogP contribution >= 0.6 is 12.4 Å². The van der Waals surface area contributed by atoms with E-state index in [1.807, 2.05) is 0 Å². The molecule has 0 unspecified atom stereocenters. The smallest absolute Gasteiger partial charge is 0.118 e. The maximum Gasteiger partial charge on any atom is 0.118 e. The molecule has 0 radical (unpaired) electrons. The fourth-order valence-corrected chi connectivity index (χ4v) is 3.13. The number of fused-ring (bicyclic) bond motifs is 2. The van der Waals surface area contributed by atoms with E-state index in [1.54, 1.807) is 7.11 Å². The highest BCUT2D eigenvalue weighted by Crippen LogP contribution is 2.49. The van der Waals surface area contributed by atoms with E-state index in [4.69, 9.17) is 4.74 Å². The number of rotatable bonds is 2. The number of hydrogen-bond donors (Lipinski definition) is 1. The van der Waals surface area contributed by atoms with Gasteiger partial charge in [-0.3, -0.25) is 0 Å². The fourth-order valence-electron chi connectivity index (χ4n) is 3.13. The molecule has 0 spiro atoms. The lowest BCUT2D eigenvalue weighted by Crippen LogP contribution is -2.57. The molecule has 0 atom stereocenters. The molecule has 1 aromatic carbocycles. The first-order valence-electron chi connectivity index (χ1n) is 5.68. The predicted molar refractivity (Wildman–Crippen MR) is 67.5 cm³/mol. The molecule has 4 rings (SSSR count). The summed E-state index contributed by atoms with van der Waals surface area (Å²) in [7, 11) is 1.72. The highest BCUT2D eigenvalue weighted by atomic mass is 35.5. The molecule has 2 nitrogen and oxygen atoms in total. The van der Waals surface area contributed by atoms with Crippen LogP contribution in [0.2, 0.25) is 0 Å². The van der Waals surface area contributed by atoms with Crippen LogP contribution < -0.4 is 10.1 Å². The summed E-state index contributed by atoms with van der Waals surface area (Å²) in [4.78, 5) is 0. The minimum atomic E-state index is 0. The molecule has 1 saturated carbocycles. The first kappa shape index (κ1) is 11.7. The molecule has 3 heteroatoms. The van der Waals surface area contributed by atoms with Gasteiger partial charge in [0.1, 0.15) is 5.75 Å². The van der Waals surface area contributed by atoms with Crippen molar-refractivity contribution < 1.29 is 4.74 Å². The van der Waals surface area contributed by atoms with Crippen molar-refractivity contribution >= 4 is 12.4 Å². The molecule has 2 bridgehead atoms. The largest absolute Gasteiger partial charge is 0.497 e. The topological polar surface area (TPSA) is 21.3 Å². The van der Waals surface area contributed by atoms with Crippen LogP contribution in [-0.2, 0) is 5.41 Å². The van der Waals surface area contributed by atoms with Crippen LogP contribution in [0.3, 0.4) is 0 Å². The molecule has 2 heterocycles. The predicted octanol–water partition coefficient (Wildman–Crippen LogP) is 2.37. The molecule has 1 N–H and O–H groups in total. The molecule has 3 fully saturated rings. The second-order valence-electron chi connectivity index (χ2n) is 4.91. The Balaban J connectivity index is 0.000000963. The van der Waals surface area contributed by atoms with Crippen LogP contribution in [0.25, 0.3) is 0 Å². The summed E-state index contributed by atoms with van der Waals surface area (Å²) in [6.45, 7) is 2.37. The van der Waals surface area contributed by atoms with Crippen molar-refractivity contribution in [2.75, 3.05) is 20.2 Å². The number of hydrogen-bond acceptors (Lipinski definition) is 2. The number of benzene rings is 1. The minimum absolute atomic E-state index is 0. The van der Waals surface area contributed by atoms with Gasteiger partial charge in [-0.25, -0.2) is 0 Å². The summed E-state index contributed by atoms with van der Waals surface area (Å²) in [6.07, 6.45) is 2.73. The maximum atomic E-state index is 5.19. The Morgan fingerprint density at radius 3 is 2.44 bits per heavy atom.